The average Bonchev–Trinajstić information content (AvgIpc) is 2.51. The summed E-state index contributed by atoms with van der Waals surface area (Å²) < 4.78 is 0. The highest BCUT2D eigenvalue weighted by Gasteiger charge is 2.42. The highest BCUT2D eigenvalue weighted by atomic mass is 31.1. The van der Waals surface area contributed by atoms with Crippen LogP contribution in [0, 0.1) is 11.3 Å². The molecule has 0 saturated carbocycles. The summed E-state index contributed by atoms with van der Waals surface area (Å²) in [5.41, 5.74) is 1.53. The number of rotatable bonds is 9. The van der Waals surface area contributed by atoms with Crippen LogP contribution in [0.1, 0.15) is 85.0 Å². The highest BCUT2D eigenvalue weighted by Crippen LogP contribution is 2.63. The minimum atomic E-state index is 0.0812. The lowest BCUT2D eigenvalue weighted by molar-refractivity contribution is 0.482. The first-order chi connectivity index (χ1) is 10.2. The van der Waals surface area contributed by atoms with Gasteiger partial charge in [-0.3, -0.25) is 0 Å². The molecule has 1 atom stereocenters. The largest absolute Gasteiger partial charge is 0.193 e. The molecule has 0 aromatic rings. The second-order valence-electron chi connectivity index (χ2n) is 6.48. The lowest BCUT2D eigenvalue weighted by Gasteiger charge is -2.47. The SMILES string of the molecule is CCCCP1CCCC(=CC#N)C1(CCCC)CCCC. The fourth-order valence-electron chi connectivity index (χ4n) is 3.77. The molecule has 0 spiro atoms. The maximum Gasteiger partial charge on any atom is 0.0911 e. The predicted octanol–water partition coefficient (Wildman–Crippen LogP) is 6.63. The van der Waals surface area contributed by atoms with E-state index in [-0.39, 0.29) is 7.92 Å². The molecule has 1 heterocycles. The monoisotopic (exact) mass is 307 g/mol. The van der Waals surface area contributed by atoms with Crippen molar-refractivity contribution < 1.29 is 0 Å². The van der Waals surface area contributed by atoms with E-state index >= 15 is 0 Å². The van der Waals surface area contributed by atoms with Crippen molar-refractivity contribution in [3.8, 4) is 6.07 Å². The lowest BCUT2D eigenvalue weighted by Crippen LogP contribution is -2.35. The normalized spacial score (nSPS) is 23.1. The molecule has 0 amide bonds. The topological polar surface area (TPSA) is 23.8 Å². The van der Waals surface area contributed by atoms with Crippen LogP contribution in [-0.4, -0.2) is 17.5 Å². The second-order valence-corrected chi connectivity index (χ2v) is 9.31. The number of hydrogen-bond acceptors (Lipinski definition) is 1. The molecule has 120 valence electrons. The molecule has 21 heavy (non-hydrogen) atoms. The van der Waals surface area contributed by atoms with Gasteiger partial charge in [0, 0.05) is 11.2 Å². The minimum Gasteiger partial charge on any atom is -0.193 e. The van der Waals surface area contributed by atoms with Gasteiger partial charge < -0.3 is 0 Å². The summed E-state index contributed by atoms with van der Waals surface area (Å²) in [5.74, 6) is 0. The van der Waals surface area contributed by atoms with Crippen molar-refractivity contribution in [1.29, 1.82) is 5.26 Å². The van der Waals surface area contributed by atoms with Crippen molar-refractivity contribution in [2.75, 3.05) is 12.3 Å². The van der Waals surface area contributed by atoms with Crippen LogP contribution >= 0.6 is 7.92 Å². The van der Waals surface area contributed by atoms with E-state index < -0.39 is 0 Å². The zero-order chi connectivity index (χ0) is 15.6. The molecule has 1 fully saturated rings. The predicted molar refractivity (Wildman–Crippen MR) is 96.3 cm³/mol. The molecule has 0 radical (unpaired) electrons. The van der Waals surface area contributed by atoms with Crippen LogP contribution in [0.3, 0.4) is 0 Å². The Morgan fingerprint density at radius 2 is 1.71 bits per heavy atom. The van der Waals surface area contributed by atoms with Crippen molar-refractivity contribution in [2.24, 2.45) is 0 Å². The van der Waals surface area contributed by atoms with Gasteiger partial charge in [0.05, 0.1) is 6.07 Å². The van der Waals surface area contributed by atoms with Crippen LogP contribution in [0.25, 0.3) is 0 Å². The molecule has 0 N–H and O–H groups in total. The van der Waals surface area contributed by atoms with E-state index in [4.69, 9.17) is 0 Å². The van der Waals surface area contributed by atoms with Gasteiger partial charge in [-0.15, -0.1) is 0 Å². The fraction of sp³-hybridized carbons (Fsp3) is 0.842. The Labute approximate surface area is 134 Å². The Hall–Kier alpha value is -0.340. The number of nitriles is 1. The van der Waals surface area contributed by atoms with Crippen molar-refractivity contribution in [1.82, 2.24) is 0 Å². The smallest absolute Gasteiger partial charge is 0.0911 e. The van der Waals surface area contributed by atoms with Crippen LogP contribution in [0.4, 0.5) is 0 Å². The Morgan fingerprint density at radius 1 is 1.10 bits per heavy atom. The van der Waals surface area contributed by atoms with Gasteiger partial charge in [0.25, 0.3) is 0 Å². The molecule has 2 heteroatoms. The van der Waals surface area contributed by atoms with Crippen molar-refractivity contribution >= 4 is 7.92 Å². The molecular weight excluding hydrogens is 273 g/mol. The summed E-state index contributed by atoms with van der Waals surface area (Å²) in [6.07, 6.45) is 17.9. The van der Waals surface area contributed by atoms with Gasteiger partial charge in [0.1, 0.15) is 0 Å². The molecule has 1 aliphatic rings. The Balaban J connectivity index is 3.05. The van der Waals surface area contributed by atoms with E-state index in [0.29, 0.717) is 5.16 Å². The molecule has 0 aromatic carbocycles. The zero-order valence-electron chi connectivity index (χ0n) is 14.5. The summed E-state index contributed by atoms with van der Waals surface area (Å²) in [6.45, 7) is 6.92. The highest BCUT2D eigenvalue weighted by molar-refractivity contribution is 7.59. The van der Waals surface area contributed by atoms with Crippen LogP contribution in [0.15, 0.2) is 11.6 Å². The van der Waals surface area contributed by atoms with E-state index in [1.165, 1.54) is 82.1 Å². The number of allylic oxidation sites excluding steroid dienone is 2. The van der Waals surface area contributed by atoms with Crippen LogP contribution < -0.4 is 0 Å². The van der Waals surface area contributed by atoms with E-state index in [1.54, 1.807) is 0 Å². The van der Waals surface area contributed by atoms with E-state index in [1.807, 2.05) is 6.08 Å². The minimum absolute atomic E-state index is 0.0812. The van der Waals surface area contributed by atoms with Crippen molar-refractivity contribution in [2.45, 2.75) is 90.1 Å². The van der Waals surface area contributed by atoms with Gasteiger partial charge in [0.15, 0.2) is 0 Å². The quantitative estimate of drug-likeness (QED) is 0.346. The van der Waals surface area contributed by atoms with E-state index in [2.05, 4.69) is 26.8 Å². The first-order valence-corrected chi connectivity index (χ1v) is 10.8. The third-order valence-corrected chi connectivity index (χ3v) is 8.64. The van der Waals surface area contributed by atoms with Gasteiger partial charge in [-0.25, -0.2) is 0 Å². The van der Waals surface area contributed by atoms with Gasteiger partial charge in [-0.05, 0) is 50.0 Å². The number of hydrogen-bond donors (Lipinski definition) is 0. The maximum absolute atomic E-state index is 9.24. The van der Waals surface area contributed by atoms with Crippen molar-refractivity contribution in [3.63, 3.8) is 0 Å². The summed E-state index contributed by atoms with van der Waals surface area (Å²) in [5, 5.41) is 9.67. The van der Waals surface area contributed by atoms with Gasteiger partial charge in [-0.2, -0.15) is 5.26 Å². The van der Waals surface area contributed by atoms with Gasteiger partial charge in [0.2, 0.25) is 0 Å². The Kier molecular flexibility index (Phi) is 9.26. The molecule has 0 bridgehead atoms. The number of unbranched alkanes of at least 4 members (excludes halogenated alkanes) is 3. The van der Waals surface area contributed by atoms with E-state index in [9.17, 15) is 5.26 Å². The van der Waals surface area contributed by atoms with E-state index in [0.717, 1.165) is 0 Å². The fourth-order valence-corrected chi connectivity index (χ4v) is 7.62. The Morgan fingerprint density at radius 3 is 2.24 bits per heavy atom. The number of nitrogens with zero attached hydrogens (tertiary/aromatic N) is 1. The van der Waals surface area contributed by atoms with Gasteiger partial charge >= 0.3 is 0 Å². The first kappa shape index (κ1) is 18.7. The second kappa shape index (κ2) is 10.4. The molecule has 1 unspecified atom stereocenters. The summed E-state index contributed by atoms with van der Waals surface area (Å²) in [7, 11) is 0.0812. The van der Waals surface area contributed by atoms with Gasteiger partial charge in [-0.1, -0.05) is 60.8 Å². The lowest BCUT2D eigenvalue weighted by atomic mass is 9.84. The summed E-state index contributed by atoms with van der Waals surface area (Å²) in [4.78, 5) is 0. The molecule has 1 aliphatic heterocycles. The molecular formula is C19H34NP. The van der Waals surface area contributed by atoms with Crippen LogP contribution in [0.2, 0.25) is 0 Å². The average molecular weight is 307 g/mol. The standard InChI is InChI=1S/C19H34NP/c1-4-7-13-19(14-8-5-2)18(12-15-20)11-10-17-21(19)16-9-6-3/h12H,4-11,13-14,16-17H2,1-3H3. The summed E-state index contributed by atoms with van der Waals surface area (Å²) in [6, 6.07) is 2.37. The third-order valence-electron chi connectivity index (χ3n) is 4.99. The first-order valence-electron chi connectivity index (χ1n) is 9.09. The van der Waals surface area contributed by atoms with Crippen molar-refractivity contribution in [3.05, 3.63) is 11.6 Å². The molecule has 1 nitrogen and oxygen atoms in total. The maximum atomic E-state index is 9.24. The zero-order valence-corrected chi connectivity index (χ0v) is 15.4. The van der Waals surface area contributed by atoms with Crippen LogP contribution in [-0.2, 0) is 0 Å². The molecule has 0 aliphatic carbocycles. The summed E-state index contributed by atoms with van der Waals surface area (Å²) >= 11 is 0. The molecule has 1 saturated heterocycles. The molecule has 1 rings (SSSR count). The van der Waals surface area contributed by atoms with Crippen LogP contribution in [0.5, 0.6) is 0 Å². The third kappa shape index (κ3) is 5.10. The Bertz CT molecular complexity index is 345. The molecule has 0 aromatic heterocycles.